The van der Waals surface area contributed by atoms with E-state index in [4.69, 9.17) is 0 Å². The molecule has 0 spiro atoms. The van der Waals surface area contributed by atoms with Gasteiger partial charge < -0.3 is 15.5 Å². The minimum atomic E-state index is -0.616. The van der Waals surface area contributed by atoms with Crippen molar-refractivity contribution in [1.82, 2.24) is 15.5 Å². The van der Waals surface area contributed by atoms with E-state index in [0.29, 0.717) is 18.5 Å². The maximum absolute atomic E-state index is 12.9. The molecule has 0 radical (unpaired) electrons. The second-order valence-corrected chi connectivity index (χ2v) is 7.70. The normalized spacial score (nSPS) is 26.8. The van der Waals surface area contributed by atoms with Crippen LogP contribution in [0.25, 0.3) is 0 Å². The standard InChI is InChI=1S/C20H24N4O4/c1-21-18(26)11-5-6-12(9-11)22-15-4-2-3-13-14(15)10-24(20(13)28)16-7-8-17(25)23-19(16)27/h2-4,11-12,16,22H,5-10H2,1H3,(H,21,26)(H,23,25,27)/t11-,12+,16?/m0/s1. The molecule has 148 valence electrons. The highest BCUT2D eigenvalue weighted by molar-refractivity contribution is 6.06. The number of hydrogen-bond acceptors (Lipinski definition) is 5. The van der Waals surface area contributed by atoms with E-state index in [-0.39, 0.29) is 36.1 Å². The lowest BCUT2D eigenvalue weighted by atomic mass is 10.0. The number of anilines is 1. The van der Waals surface area contributed by atoms with E-state index in [1.54, 1.807) is 18.0 Å². The molecular weight excluding hydrogens is 360 g/mol. The van der Waals surface area contributed by atoms with Gasteiger partial charge in [-0.15, -0.1) is 0 Å². The highest BCUT2D eigenvalue weighted by Gasteiger charge is 2.40. The van der Waals surface area contributed by atoms with Crippen molar-refractivity contribution < 1.29 is 19.2 Å². The van der Waals surface area contributed by atoms with Gasteiger partial charge in [0.05, 0.1) is 0 Å². The number of nitrogens with zero attached hydrogens (tertiary/aromatic N) is 1. The molecule has 1 aliphatic carbocycles. The summed E-state index contributed by atoms with van der Waals surface area (Å²) in [6.07, 6.45) is 3.09. The number of rotatable bonds is 4. The van der Waals surface area contributed by atoms with Gasteiger partial charge in [0.1, 0.15) is 6.04 Å². The van der Waals surface area contributed by atoms with E-state index in [2.05, 4.69) is 16.0 Å². The molecule has 2 fully saturated rings. The molecule has 8 heteroatoms. The Morgan fingerprint density at radius 2 is 2.00 bits per heavy atom. The maximum atomic E-state index is 12.9. The molecule has 0 aromatic heterocycles. The third-order valence-corrected chi connectivity index (χ3v) is 5.99. The molecule has 3 aliphatic rings. The lowest BCUT2D eigenvalue weighted by Crippen LogP contribution is -2.52. The second-order valence-electron chi connectivity index (χ2n) is 7.70. The smallest absolute Gasteiger partial charge is 0.255 e. The second kappa shape index (κ2) is 7.26. The summed E-state index contributed by atoms with van der Waals surface area (Å²) in [7, 11) is 1.66. The summed E-state index contributed by atoms with van der Waals surface area (Å²) < 4.78 is 0. The van der Waals surface area contributed by atoms with Crippen LogP contribution in [0.4, 0.5) is 5.69 Å². The molecule has 4 amide bonds. The molecule has 8 nitrogen and oxygen atoms in total. The zero-order chi connectivity index (χ0) is 19.8. The van der Waals surface area contributed by atoms with Crippen molar-refractivity contribution >= 4 is 29.3 Å². The Hall–Kier alpha value is -2.90. The van der Waals surface area contributed by atoms with E-state index in [1.807, 2.05) is 12.1 Å². The molecule has 3 N–H and O–H groups in total. The van der Waals surface area contributed by atoms with E-state index in [0.717, 1.165) is 30.5 Å². The third-order valence-electron chi connectivity index (χ3n) is 5.99. The van der Waals surface area contributed by atoms with Crippen LogP contribution in [0.1, 0.15) is 48.0 Å². The average molecular weight is 384 g/mol. The maximum Gasteiger partial charge on any atom is 0.255 e. The van der Waals surface area contributed by atoms with Gasteiger partial charge in [-0.2, -0.15) is 0 Å². The number of imide groups is 1. The Balaban J connectivity index is 1.50. The molecule has 2 heterocycles. The Bertz CT molecular complexity index is 853. The van der Waals surface area contributed by atoms with Crippen molar-refractivity contribution in [2.75, 3.05) is 12.4 Å². The molecule has 2 aliphatic heterocycles. The molecule has 1 unspecified atom stereocenters. The SMILES string of the molecule is CNC(=O)[C@H]1CC[C@@H](Nc2cccc3c2CN(C2CCC(=O)NC2=O)C3=O)C1. The molecule has 28 heavy (non-hydrogen) atoms. The van der Waals surface area contributed by atoms with Crippen LogP contribution in [0.15, 0.2) is 18.2 Å². The zero-order valence-corrected chi connectivity index (χ0v) is 15.8. The number of nitrogens with one attached hydrogen (secondary N) is 3. The van der Waals surface area contributed by atoms with Crippen molar-refractivity contribution in [3.63, 3.8) is 0 Å². The Kier molecular flexibility index (Phi) is 4.78. The first-order chi connectivity index (χ1) is 13.5. The van der Waals surface area contributed by atoms with Crippen LogP contribution >= 0.6 is 0 Å². The summed E-state index contributed by atoms with van der Waals surface area (Å²) in [5.74, 6) is -0.790. The highest BCUT2D eigenvalue weighted by Crippen LogP contribution is 2.35. The van der Waals surface area contributed by atoms with Crippen molar-refractivity contribution in [3.05, 3.63) is 29.3 Å². The van der Waals surface area contributed by atoms with E-state index in [9.17, 15) is 19.2 Å². The third kappa shape index (κ3) is 3.23. The minimum absolute atomic E-state index is 0.0147. The summed E-state index contributed by atoms with van der Waals surface area (Å²) in [6.45, 7) is 0.342. The van der Waals surface area contributed by atoms with Crippen molar-refractivity contribution in [2.45, 2.75) is 50.7 Å². The summed E-state index contributed by atoms with van der Waals surface area (Å²) in [4.78, 5) is 49.9. The van der Waals surface area contributed by atoms with Gasteiger partial charge in [-0.1, -0.05) is 6.07 Å². The van der Waals surface area contributed by atoms with E-state index >= 15 is 0 Å². The van der Waals surface area contributed by atoms with E-state index < -0.39 is 11.9 Å². The number of piperidine rings is 1. The summed E-state index contributed by atoms with van der Waals surface area (Å²) in [6, 6.07) is 5.10. The first-order valence-corrected chi connectivity index (χ1v) is 9.72. The van der Waals surface area contributed by atoms with Crippen LogP contribution in [0.2, 0.25) is 0 Å². The van der Waals surface area contributed by atoms with Gasteiger partial charge in [0.15, 0.2) is 0 Å². The summed E-state index contributed by atoms with van der Waals surface area (Å²) >= 11 is 0. The molecule has 1 saturated heterocycles. The Morgan fingerprint density at radius 3 is 2.75 bits per heavy atom. The zero-order valence-electron chi connectivity index (χ0n) is 15.8. The summed E-state index contributed by atoms with van der Waals surface area (Å²) in [5, 5.41) is 8.53. The van der Waals surface area contributed by atoms with Crippen LogP contribution in [0.3, 0.4) is 0 Å². The predicted octanol–water partition coefficient (Wildman–Crippen LogP) is 0.774. The van der Waals surface area contributed by atoms with Crippen LogP contribution in [-0.2, 0) is 20.9 Å². The molecule has 0 bridgehead atoms. The van der Waals surface area contributed by atoms with Crippen LogP contribution in [0.5, 0.6) is 0 Å². The first kappa shape index (κ1) is 18.5. The van der Waals surface area contributed by atoms with Crippen molar-refractivity contribution in [1.29, 1.82) is 0 Å². The minimum Gasteiger partial charge on any atom is -0.382 e. The van der Waals surface area contributed by atoms with Crippen molar-refractivity contribution in [2.24, 2.45) is 5.92 Å². The van der Waals surface area contributed by atoms with Gasteiger partial charge in [0.2, 0.25) is 17.7 Å². The Morgan fingerprint density at radius 1 is 1.18 bits per heavy atom. The highest BCUT2D eigenvalue weighted by atomic mass is 16.2. The lowest BCUT2D eigenvalue weighted by Gasteiger charge is -2.29. The number of amides is 4. The number of fused-ring (bicyclic) bond motifs is 1. The number of benzene rings is 1. The molecule has 4 rings (SSSR count). The quantitative estimate of drug-likeness (QED) is 0.665. The Labute approximate surface area is 163 Å². The predicted molar refractivity (Wildman–Crippen MR) is 101 cm³/mol. The molecule has 1 aromatic rings. The summed E-state index contributed by atoms with van der Waals surface area (Å²) in [5.41, 5.74) is 2.35. The fraction of sp³-hybridized carbons (Fsp3) is 0.500. The number of hydrogen-bond donors (Lipinski definition) is 3. The van der Waals surface area contributed by atoms with Crippen molar-refractivity contribution in [3.8, 4) is 0 Å². The van der Waals surface area contributed by atoms with Gasteiger partial charge in [-0.3, -0.25) is 24.5 Å². The fourth-order valence-electron chi connectivity index (χ4n) is 4.50. The average Bonchev–Trinajstić information content (AvgIpc) is 3.27. The molecular formula is C20H24N4O4. The number of carbonyl (C=O) groups excluding carboxylic acids is 4. The number of carbonyl (C=O) groups is 4. The fourth-order valence-corrected chi connectivity index (χ4v) is 4.50. The van der Waals surface area contributed by atoms with Gasteiger partial charge in [-0.25, -0.2) is 0 Å². The van der Waals surface area contributed by atoms with Gasteiger partial charge in [0, 0.05) is 48.8 Å². The van der Waals surface area contributed by atoms with Gasteiger partial charge in [-0.05, 0) is 37.8 Å². The van der Waals surface area contributed by atoms with Crippen LogP contribution < -0.4 is 16.0 Å². The first-order valence-electron chi connectivity index (χ1n) is 9.72. The van der Waals surface area contributed by atoms with Crippen LogP contribution in [0, 0.1) is 5.92 Å². The largest absolute Gasteiger partial charge is 0.382 e. The van der Waals surface area contributed by atoms with Gasteiger partial charge in [0.25, 0.3) is 5.91 Å². The van der Waals surface area contributed by atoms with Gasteiger partial charge >= 0.3 is 0 Å². The molecule has 1 aromatic carbocycles. The monoisotopic (exact) mass is 384 g/mol. The van der Waals surface area contributed by atoms with Crippen LogP contribution in [-0.4, -0.2) is 47.7 Å². The van der Waals surface area contributed by atoms with E-state index in [1.165, 1.54) is 0 Å². The lowest BCUT2D eigenvalue weighted by molar-refractivity contribution is -0.137. The molecule has 1 saturated carbocycles. The topological polar surface area (TPSA) is 108 Å². The molecule has 3 atom stereocenters.